The van der Waals surface area contributed by atoms with Gasteiger partial charge in [-0.25, -0.2) is 9.69 Å². The van der Waals surface area contributed by atoms with E-state index in [0.717, 1.165) is 113 Å². The Morgan fingerprint density at radius 1 is 0.436 bits per heavy atom. The molecule has 11 aromatic rings. The lowest BCUT2D eigenvalue weighted by Gasteiger charge is -2.27. The van der Waals surface area contributed by atoms with Crippen LogP contribution in [0.25, 0.3) is 87.9 Å². The van der Waals surface area contributed by atoms with E-state index in [1.54, 1.807) is 0 Å². The van der Waals surface area contributed by atoms with Crippen molar-refractivity contribution in [3.8, 4) is 12.1 Å². The van der Waals surface area contributed by atoms with Gasteiger partial charge in [0.15, 0.2) is 0 Å². The summed E-state index contributed by atoms with van der Waals surface area (Å²) in [7, 11) is 0. The van der Waals surface area contributed by atoms with Crippen LogP contribution in [0.2, 0.25) is 0 Å². The number of benzene rings is 11. The van der Waals surface area contributed by atoms with Crippen LogP contribution in [0.5, 0.6) is 0 Å². The Morgan fingerprint density at radius 2 is 0.821 bits per heavy atom. The van der Waals surface area contributed by atoms with Crippen LogP contribution in [0.1, 0.15) is 52.8 Å². The van der Waals surface area contributed by atoms with Gasteiger partial charge >= 0.3 is 6.18 Å². The highest BCUT2D eigenvalue weighted by molar-refractivity contribution is 6.17. The Bertz CT molecular complexity index is 4310. The van der Waals surface area contributed by atoms with E-state index in [4.69, 9.17) is 13.1 Å². The van der Waals surface area contributed by atoms with Crippen molar-refractivity contribution in [2.75, 3.05) is 22.9 Å². The number of fused-ring (bicyclic) bond motifs is 5. The molecule has 0 radical (unpaired) electrons. The minimum atomic E-state index is -4.43. The summed E-state index contributed by atoms with van der Waals surface area (Å²) in [5, 5.41) is 28.0. The van der Waals surface area contributed by atoms with Crippen LogP contribution in [-0.4, -0.2) is 13.1 Å². The fraction of sp³-hybridized carbons (Fsp3) is 0.0725. The van der Waals surface area contributed by atoms with E-state index in [0.29, 0.717) is 28.2 Å². The van der Waals surface area contributed by atoms with E-state index >= 15 is 0 Å². The summed E-state index contributed by atoms with van der Waals surface area (Å²) in [6, 6.07) is 66.9. The van der Waals surface area contributed by atoms with Crippen molar-refractivity contribution in [1.82, 2.24) is 0 Å². The second-order valence-corrected chi connectivity index (χ2v) is 18.5. The van der Waals surface area contributed by atoms with Gasteiger partial charge in [-0.1, -0.05) is 170 Å². The number of rotatable bonds is 10. The first-order valence-electron chi connectivity index (χ1n) is 25.3. The smallest absolute Gasteiger partial charge is 0.372 e. The number of hydrogen-bond acceptors (Lipinski definition) is 4. The van der Waals surface area contributed by atoms with Gasteiger partial charge in [-0.15, -0.1) is 0 Å². The Morgan fingerprint density at radius 3 is 1.27 bits per heavy atom. The van der Waals surface area contributed by atoms with Crippen molar-refractivity contribution in [3.63, 3.8) is 0 Å². The zero-order valence-electron chi connectivity index (χ0n) is 42.6. The molecule has 0 unspecified atom stereocenters. The molecule has 0 atom stereocenters. The Hall–Kier alpha value is -10.5. The number of halogens is 3. The van der Waals surface area contributed by atoms with Crippen molar-refractivity contribution in [1.29, 1.82) is 10.5 Å². The molecule has 0 aliphatic carbocycles. The summed E-state index contributed by atoms with van der Waals surface area (Å²) >= 11 is 0. The van der Waals surface area contributed by atoms with Crippen LogP contribution in [0.3, 0.4) is 0 Å². The molecule has 0 bridgehead atoms. The van der Waals surface area contributed by atoms with E-state index in [-0.39, 0.29) is 0 Å². The van der Waals surface area contributed by atoms with Crippen LogP contribution >= 0.6 is 0 Å². The van der Waals surface area contributed by atoms with E-state index in [9.17, 15) is 23.7 Å². The second-order valence-electron chi connectivity index (χ2n) is 18.5. The zero-order valence-corrected chi connectivity index (χ0v) is 42.6. The summed E-state index contributed by atoms with van der Waals surface area (Å²) in [6.45, 7) is 21.9. The van der Waals surface area contributed by atoms with Crippen LogP contribution in [0, 0.1) is 35.8 Å². The fourth-order valence-corrected chi connectivity index (χ4v) is 10.2. The molecule has 0 spiro atoms. The molecular weight excluding hydrogens is 970 g/mol. The number of alkyl halides is 3. The molecule has 0 aliphatic heterocycles. The van der Waals surface area contributed by atoms with Gasteiger partial charge in [0.25, 0.3) is 0 Å². The van der Waals surface area contributed by atoms with Crippen molar-refractivity contribution >= 4 is 112 Å². The third-order valence-corrected chi connectivity index (χ3v) is 14.1. The van der Waals surface area contributed by atoms with Gasteiger partial charge in [-0.05, 0) is 139 Å². The molecule has 9 heteroatoms. The molecular formula is C69H47F3N6. The molecule has 0 heterocycles. The summed E-state index contributed by atoms with van der Waals surface area (Å²) in [6.07, 6.45) is 3.64. The van der Waals surface area contributed by atoms with Gasteiger partial charge in [0.1, 0.15) is 12.1 Å². The Kier molecular flexibility index (Phi) is 14.5. The largest absolute Gasteiger partial charge is 0.416 e. The summed E-state index contributed by atoms with van der Waals surface area (Å²) in [4.78, 5) is 11.9. The maximum atomic E-state index is 13.4. The maximum Gasteiger partial charge on any atom is 0.416 e. The molecule has 374 valence electrons. The van der Waals surface area contributed by atoms with Gasteiger partial charge in [0.2, 0.25) is 11.4 Å². The van der Waals surface area contributed by atoms with Gasteiger partial charge in [0, 0.05) is 35.5 Å². The number of nitrogens with zero attached hydrogens (tertiary/aromatic N) is 6. The van der Waals surface area contributed by atoms with Gasteiger partial charge in [0.05, 0.1) is 35.5 Å². The molecule has 0 aliphatic rings. The molecule has 0 N–H and O–H groups in total. The quantitative estimate of drug-likeness (QED) is 0.0778. The molecule has 0 fully saturated rings. The molecule has 6 nitrogen and oxygen atoms in total. The number of anilines is 4. The van der Waals surface area contributed by atoms with E-state index in [1.807, 2.05) is 169 Å². The summed E-state index contributed by atoms with van der Waals surface area (Å²) in [5.41, 5.74) is 9.00. The molecule has 11 aromatic carbocycles. The normalized spacial score (nSPS) is 11.3. The second kappa shape index (κ2) is 22.2. The molecule has 0 amide bonds. The van der Waals surface area contributed by atoms with Crippen molar-refractivity contribution in [2.45, 2.75) is 20.0 Å². The van der Waals surface area contributed by atoms with Crippen molar-refractivity contribution in [2.24, 2.45) is 0 Å². The lowest BCUT2D eigenvalue weighted by Crippen LogP contribution is -2.21. The highest BCUT2D eigenvalue weighted by atomic mass is 19.4. The molecule has 0 saturated heterocycles. The molecule has 11 rings (SSSR count). The van der Waals surface area contributed by atoms with Crippen molar-refractivity contribution < 1.29 is 13.2 Å². The minimum Gasteiger partial charge on any atom is -0.372 e. The molecule has 0 aromatic heterocycles. The molecule has 0 saturated carbocycles. The molecule has 78 heavy (non-hydrogen) atoms. The van der Waals surface area contributed by atoms with Crippen LogP contribution in [0.15, 0.2) is 200 Å². The van der Waals surface area contributed by atoms with E-state index in [1.165, 1.54) is 17.8 Å². The standard InChI is InChI=1S/C41H24F3N3.C28H23N3/c1-46-40-36-11-5-4-10-34(36)38(26-45)35-24-17-28(25-37(35)40)14-13-27-15-20-31(21-16-27)47(32-22-18-30(19-23-32)41(42,43)44)39-12-6-8-29-7-2-3-9-33(29)39;1-4-31(5-2)22-15-12-20(13-16-22)10-11-21-14-17-24-26(18-21)28(30-3)25-9-7-6-8-23(25)27(24)19-29/h2-25H;6-18H,4-5H2,1-2H3. The first-order chi connectivity index (χ1) is 38.0. The van der Waals surface area contributed by atoms with Crippen LogP contribution < -0.4 is 9.80 Å². The summed E-state index contributed by atoms with van der Waals surface area (Å²) in [5.74, 6) is 0. The van der Waals surface area contributed by atoms with Gasteiger partial charge < -0.3 is 9.80 Å². The third-order valence-electron chi connectivity index (χ3n) is 14.1. The predicted molar refractivity (Wildman–Crippen MR) is 316 cm³/mol. The number of hydrogen-bond donors (Lipinski definition) is 0. The van der Waals surface area contributed by atoms with Crippen molar-refractivity contribution in [3.05, 3.63) is 262 Å². The monoisotopic (exact) mass is 1020 g/mol. The average Bonchev–Trinajstić information content (AvgIpc) is 3.51. The first kappa shape index (κ1) is 51.1. The predicted octanol–water partition coefficient (Wildman–Crippen LogP) is 19.7. The van der Waals surface area contributed by atoms with E-state index < -0.39 is 11.7 Å². The first-order valence-corrected chi connectivity index (χ1v) is 25.3. The van der Waals surface area contributed by atoms with Gasteiger partial charge in [-0.2, -0.15) is 23.7 Å². The number of nitriles is 2. The summed E-state index contributed by atoms with van der Waals surface area (Å²) < 4.78 is 40.1. The zero-order chi connectivity index (χ0) is 54.3. The fourth-order valence-electron chi connectivity index (χ4n) is 10.2. The SMILES string of the molecule is [C-]#[N+]c1c2ccccc2c(C#N)c2ccc(C=Cc3ccc(N(CC)CC)cc3)cc12.[C-]#[N+]c1c2ccccc2c(C#N)c2ccc(C=Cc3ccc(N(c4ccc(C(F)(F)F)cc4)c4cccc5ccccc45)cc3)cc12. The van der Waals surface area contributed by atoms with Crippen LogP contribution in [0.4, 0.5) is 47.3 Å². The third kappa shape index (κ3) is 10.1. The lowest BCUT2D eigenvalue weighted by molar-refractivity contribution is -0.137. The maximum absolute atomic E-state index is 13.4. The van der Waals surface area contributed by atoms with Crippen LogP contribution in [-0.2, 0) is 6.18 Å². The Balaban J connectivity index is 0.000000192. The average molecular weight is 1020 g/mol. The minimum absolute atomic E-state index is 0.519. The highest BCUT2D eigenvalue weighted by Gasteiger charge is 2.30. The van der Waals surface area contributed by atoms with Gasteiger partial charge in [-0.3, -0.25) is 0 Å². The highest BCUT2D eigenvalue weighted by Crippen LogP contribution is 2.43. The van der Waals surface area contributed by atoms with E-state index in [2.05, 4.69) is 77.0 Å². The lowest BCUT2D eigenvalue weighted by atomic mass is 9.94. The topological polar surface area (TPSA) is 62.8 Å². The Labute approximate surface area is 451 Å².